The Morgan fingerprint density at radius 3 is 3.00 bits per heavy atom. The lowest BCUT2D eigenvalue weighted by atomic mass is 10.1. The number of nitrogens with one attached hydrogen (secondary N) is 2. The second kappa shape index (κ2) is 5.33. The van der Waals surface area contributed by atoms with E-state index in [0.717, 1.165) is 35.6 Å². The first-order valence-corrected chi connectivity index (χ1v) is 6.65. The average molecular weight is 269 g/mol. The number of benzene rings is 1. The predicted octanol–water partition coefficient (Wildman–Crippen LogP) is 3.62. The standard InChI is InChI=1S/C16H16FN3/c1-11-5-6-14-15(11)16(20-10-19-14)18-8-7-12-3-2-4-13(17)9-12/h2-6,9-10,18H,7-8H2,1H3,(H,19,20). The molecule has 0 saturated carbocycles. The number of aryl methyl sites for hydroxylation is 1. The van der Waals surface area contributed by atoms with E-state index in [0.29, 0.717) is 0 Å². The van der Waals surface area contributed by atoms with Crippen molar-refractivity contribution in [2.24, 2.45) is 0 Å². The molecule has 3 rings (SSSR count). The Hall–Kier alpha value is -2.36. The molecule has 20 heavy (non-hydrogen) atoms. The van der Waals surface area contributed by atoms with Gasteiger partial charge in [0.05, 0.1) is 12.0 Å². The van der Waals surface area contributed by atoms with Crippen LogP contribution in [0.3, 0.4) is 0 Å². The lowest BCUT2D eigenvalue weighted by Gasteiger charge is -2.11. The summed E-state index contributed by atoms with van der Waals surface area (Å²) >= 11 is 0. The molecule has 2 N–H and O–H groups in total. The maximum Gasteiger partial charge on any atom is 0.137 e. The van der Waals surface area contributed by atoms with Crippen molar-refractivity contribution < 1.29 is 4.39 Å². The van der Waals surface area contributed by atoms with Crippen molar-refractivity contribution in [3.63, 3.8) is 0 Å². The molecule has 1 aromatic carbocycles. The van der Waals surface area contributed by atoms with Crippen LogP contribution in [0.15, 0.2) is 42.7 Å². The molecule has 0 bridgehead atoms. The maximum absolute atomic E-state index is 13.1. The fourth-order valence-corrected chi connectivity index (χ4v) is 2.40. The number of fused-ring (bicyclic) bond motifs is 1. The monoisotopic (exact) mass is 269 g/mol. The summed E-state index contributed by atoms with van der Waals surface area (Å²) in [6, 6.07) is 10.8. The second-order valence-corrected chi connectivity index (χ2v) is 4.86. The van der Waals surface area contributed by atoms with Gasteiger partial charge in [-0.15, -0.1) is 0 Å². The van der Waals surface area contributed by atoms with E-state index in [1.54, 1.807) is 18.5 Å². The molecule has 1 aliphatic heterocycles. The van der Waals surface area contributed by atoms with E-state index in [-0.39, 0.29) is 5.82 Å². The highest BCUT2D eigenvalue weighted by Crippen LogP contribution is 2.30. The first-order valence-electron chi connectivity index (χ1n) is 6.65. The molecular formula is C16H16FN3. The molecule has 1 aromatic rings. The second-order valence-electron chi connectivity index (χ2n) is 4.86. The van der Waals surface area contributed by atoms with Crippen LogP contribution in [0.25, 0.3) is 11.3 Å². The number of anilines is 1. The van der Waals surface area contributed by atoms with Crippen LogP contribution in [-0.4, -0.2) is 16.5 Å². The van der Waals surface area contributed by atoms with Crippen molar-refractivity contribution >= 4 is 5.82 Å². The fraction of sp³-hybridized carbons (Fsp3) is 0.188. The van der Waals surface area contributed by atoms with Gasteiger partial charge in [0, 0.05) is 12.1 Å². The van der Waals surface area contributed by atoms with E-state index >= 15 is 0 Å². The molecule has 0 atom stereocenters. The van der Waals surface area contributed by atoms with Crippen LogP contribution in [-0.2, 0) is 6.42 Å². The van der Waals surface area contributed by atoms with E-state index in [1.807, 2.05) is 12.1 Å². The van der Waals surface area contributed by atoms with Gasteiger partial charge in [0.15, 0.2) is 0 Å². The minimum absolute atomic E-state index is 0.191. The minimum Gasteiger partial charge on any atom is -0.369 e. The zero-order valence-electron chi connectivity index (χ0n) is 11.3. The van der Waals surface area contributed by atoms with E-state index in [4.69, 9.17) is 0 Å². The number of hydrogen-bond acceptors (Lipinski definition) is 2. The highest BCUT2D eigenvalue weighted by atomic mass is 19.1. The van der Waals surface area contributed by atoms with Crippen molar-refractivity contribution in [3.05, 3.63) is 59.7 Å². The van der Waals surface area contributed by atoms with Gasteiger partial charge in [-0.3, -0.25) is 0 Å². The molecule has 0 amide bonds. The van der Waals surface area contributed by atoms with Gasteiger partial charge in [-0.25, -0.2) is 9.37 Å². The molecule has 0 fully saturated rings. The van der Waals surface area contributed by atoms with E-state index in [2.05, 4.69) is 28.3 Å². The third-order valence-electron chi connectivity index (χ3n) is 3.41. The van der Waals surface area contributed by atoms with Crippen LogP contribution < -0.4 is 5.32 Å². The number of rotatable bonds is 4. The van der Waals surface area contributed by atoms with Crippen LogP contribution in [0.4, 0.5) is 10.2 Å². The van der Waals surface area contributed by atoms with Gasteiger partial charge in [-0.2, -0.15) is 0 Å². The molecule has 2 aliphatic rings. The summed E-state index contributed by atoms with van der Waals surface area (Å²) in [5.41, 5.74) is 4.37. The van der Waals surface area contributed by atoms with Crippen LogP contribution in [0.5, 0.6) is 0 Å². The number of aromatic nitrogens is 2. The zero-order chi connectivity index (χ0) is 13.9. The van der Waals surface area contributed by atoms with Crippen LogP contribution in [0.2, 0.25) is 0 Å². The van der Waals surface area contributed by atoms with Gasteiger partial charge in [-0.1, -0.05) is 18.2 Å². The Bertz CT molecular complexity index is 690. The van der Waals surface area contributed by atoms with Gasteiger partial charge in [-0.05, 0) is 42.7 Å². The number of nitrogens with zero attached hydrogens (tertiary/aromatic N) is 1. The van der Waals surface area contributed by atoms with Crippen molar-refractivity contribution in [2.45, 2.75) is 13.3 Å². The fourth-order valence-electron chi connectivity index (χ4n) is 2.40. The number of halogens is 1. The minimum atomic E-state index is -0.191. The number of H-pyrrole nitrogens is 1. The molecule has 0 saturated heterocycles. The Balaban J connectivity index is 1.70. The highest BCUT2D eigenvalue weighted by Gasteiger charge is 2.12. The Kier molecular flexibility index (Phi) is 3.37. The molecule has 0 spiro atoms. The number of aromatic amines is 1. The Morgan fingerprint density at radius 1 is 1.25 bits per heavy atom. The molecule has 4 heteroatoms. The van der Waals surface area contributed by atoms with Crippen molar-refractivity contribution in [3.8, 4) is 11.3 Å². The molecule has 1 aliphatic carbocycles. The molecule has 1 heterocycles. The van der Waals surface area contributed by atoms with Crippen molar-refractivity contribution in [1.29, 1.82) is 0 Å². The summed E-state index contributed by atoms with van der Waals surface area (Å²) in [4.78, 5) is 7.47. The molecule has 3 nitrogen and oxygen atoms in total. The van der Waals surface area contributed by atoms with Gasteiger partial charge in [0.2, 0.25) is 0 Å². The van der Waals surface area contributed by atoms with Gasteiger partial charge >= 0.3 is 0 Å². The van der Waals surface area contributed by atoms with E-state index < -0.39 is 0 Å². The average Bonchev–Trinajstić information content (AvgIpc) is 2.82. The molecule has 0 aromatic heterocycles. The molecular weight excluding hydrogens is 253 g/mol. The molecule has 0 radical (unpaired) electrons. The zero-order valence-corrected chi connectivity index (χ0v) is 11.3. The smallest absolute Gasteiger partial charge is 0.137 e. The van der Waals surface area contributed by atoms with Crippen molar-refractivity contribution in [1.82, 2.24) is 9.97 Å². The lowest BCUT2D eigenvalue weighted by molar-refractivity contribution is 0.625. The number of hydrogen-bond donors (Lipinski definition) is 2. The van der Waals surface area contributed by atoms with Crippen LogP contribution >= 0.6 is 0 Å². The van der Waals surface area contributed by atoms with Gasteiger partial charge in [0.25, 0.3) is 0 Å². The molecule has 102 valence electrons. The SMILES string of the molecule is Cc1ccc2[nH]cnc(NCCc3cccc(F)c3)c1-2. The quantitative estimate of drug-likeness (QED) is 0.759. The van der Waals surface area contributed by atoms with E-state index in [9.17, 15) is 4.39 Å². The predicted molar refractivity (Wildman–Crippen MR) is 78.5 cm³/mol. The summed E-state index contributed by atoms with van der Waals surface area (Å²) in [6.45, 7) is 2.79. The lowest BCUT2D eigenvalue weighted by Crippen LogP contribution is -2.08. The topological polar surface area (TPSA) is 40.7 Å². The van der Waals surface area contributed by atoms with Crippen LogP contribution in [0, 0.1) is 12.7 Å². The van der Waals surface area contributed by atoms with Crippen LogP contribution in [0.1, 0.15) is 11.1 Å². The largest absolute Gasteiger partial charge is 0.369 e. The Morgan fingerprint density at radius 2 is 2.15 bits per heavy atom. The summed E-state index contributed by atoms with van der Waals surface area (Å²) in [5, 5.41) is 3.33. The Labute approximate surface area is 117 Å². The highest BCUT2D eigenvalue weighted by molar-refractivity contribution is 5.78. The third-order valence-corrected chi connectivity index (χ3v) is 3.41. The first-order chi connectivity index (χ1) is 9.74. The molecule has 0 unspecified atom stereocenters. The van der Waals surface area contributed by atoms with Crippen molar-refractivity contribution in [2.75, 3.05) is 11.9 Å². The third kappa shape index (κ3) is 2.50. The first kappa shape index (κ1) is 12.7. The van der Waals surface area contributed by atoms with E-state index in [1.165, 1.54) is 11.6 Å². The summed E-state index contributed by atoms with van der Waals surface area (Å²) < 4.78 is 13.1. The summed E-state index contributed by atoms with van der Waals surface area (Å²) in [6.07, 6.45) is 2.45. The summed E-state index contributed by atoms with van der Waals surface area (Å²) in [7, 11) is 0. The summed E-state index contributed by atoms with van der Waals surface area (Å²) in [5.74, 6) is 0.682. The maximum atomic E-state index is 13.1. The van der Waals surface area contributed by atoms with Gasteiger partial charge < -0.3 is 10.3 Å². The van der Waals surface area contributed by atoms with Gasteiger partial charge in [0.1, 0.15) is 11.6 Å². The normalized spacial score (nSPS) is 10.9.